The number of benzene rings is 2. The standard InChI is InChI=1S/C26H32N3O5P/c1-14(30)28-22(26(33)34)12-16-7-10-23(31)21(11-16)20-13-18(8-9-19(20)17-5-4-6-17)24(25(27)32)29(3)15(2)35/h7-11,13,17,22,24,31,35H,4-6,12H2,1-3H3,(H2,27,32)(H,28,30)(H,33,34). The van der Waals surface area contributed by atoms with Gasteiger partial charge < -0.3 is 21.3 Å². The molecule has 0 heterocycles. The molecule has 3 rings (SSSR count). The molecule has 1 saturated carbocycles. The molecule has 186 valence electrons. The van der Waals surface area contributed by atoms with E-state index in [4.69, 9.17) is 5.73 Å². The second-order valence-electron chi connectivity index (χ2n) is 9.12. The van der Waals surface area contributed by atoms with Crippen molar-refractivity contribution in [2.24, 2.45) is 5.73 Å². The number of hydrogen-bond acceptors (Lipinski definition) is 4. The smallest absolute Gasteiger partial charge is 0.326 e. The molecule has 2 atom stereocenters. The average Bonchev–Trinajstić information content (AvgIpc) is 2.73. The van der Waals surface area contributed by atoms with E-state index < -0.39 is 29.9 Å². The highest BCUT2D eigenvalue weighted by atomic mass is 31.0. The summed E-state index contributed by atoms with van der Waals surface area (Å²) in [5.74, 6) is -1.70. The minimum absolute atomic E-state index is 0.0460. The number of phenolic OH excluding ortho intramolecular Hbond substituents is 1. The van der Waals surface area contributed by atoms with Crippen LogP contribution in [0.4, 0.5) is 0 Å². The van der Waals surface area contributed by atoms with Crippen LogP contribution in [0.2, 0.25) is 0 Å². The number of aliphatic carboxylic acids is 1. The van der Waals surface area contributed by atoms with Crippen molar-refractivity contribution >= 4 is 32.1 Å². The number of amides is 2. The van der Waals surface area contributed by atoms with Crippen molar-refractivity contribution in [2.75, 3.05) is 7.05 Å². The minimum Gasteiger partial charge on any atom is -0.507 e. The van der Waals surface area contributed by atoms with E-state index in [-0.39, 0.29) is 12.2 Å². The number of nitrogens with two attached hydrogens (primary N) is 1. The first-order valence-electron chi connectivity index (χ1n) is 11.5. The zero-order valence-corrected chi connectivity index (χ0v) is 21.2. The molecule has 1 aliphatic rings. The Morgan fingerprint density at radius 3 is 2.34 bits per heavy atom. The van der Waals surface area contributed by atoms with Crippen LogP contribution in [0.3, 0.4) is 0 Å². The molecule has 0 aliphatic heterocycles. The molecule has 35 heavy (non-hydrogen) atoms. The van der Waals surface area contributed by atoms with Gasteiger partial charge in [0.15, 0.2) is 0 Å². The first kappa shape index (κ1) is 26.4. The summed E-state index contributed by atoms with van der Waals surface area (Å²) in [6.45, 7) is 3.09. The number of likely N-dealkylation sites (N-methyl/N-ethyl adjacent to an activating group) is 1. The van der Waals surface area contributed by atoms with Crippen LogP contribution in [0.5, 0.6) is 5.75 Å². The molecule has 2 aromatic carbocycles. The number of rotatable bonds is 10. The molecule has 2 aromatic rings. The van der Waals surface area contributed by atoms with E-state index in [1.807, 2.05) is 25.1 Å². The average molecular weight is 498 g/mol. The van der Waals surface area contributed by atoms with Gasteiger partial charge in [-0.15, -0.1) is 8.86 Å². The highest BCUT2D eigenvalue weighted by molar-refractivity contribution is 7.20. The van der Waals surface area contributed by atoms with Crippen LogP contribution in [0.15, 0.2) is 36.4 Å². The Labute approximate surface area is 207 Å². The van der Waals surface area contributed by atoms with Crippen molar-refractivity contribution in [1.29, 1.82) is 0 Å². The quantitative estimate of drug-likeness (QED) is 0.373. The lowest BCUT2D eigenvalue weighted by Crippen LogP contribution is -2.41. The summed E-state index contributed by atoms with van der Waals surface area (Å²) in [6, 6.07) is 8.89. The van der Waals surface area contributed by atoms with Gasteiger partial charge in [-0.3, -0.25) is 14.5 Å². The van der Waals surface area contributed by atoms with Crippen LogP contribution in [-0.2, 0) is 20.8 Å². The van der Waals surface area contributed by atoms with E-state index in [1.165, 1.54) is 13.0 Å². The first-order chi connectivity index (χ1) is 16.5. The molecule has 1 fully saturated rings. The van der Waals surface area contributed by atoms with Gasteiger partial charge in [-0.2, -0.15) is 0 Å². The van der Waals surface area contributed by atoms with Gasteiger partial charge in [0.2, 0.25) is 11.8 Å². The third kappa shape index (κ3) is 6.08. The molecular formula is C26H32N3O5P. The summed E-state index contributed by atoms with van der Waals surface area (Å²) in [6.07, 6.45) is 3.25. The molecule has 0 spiro atoms. The van der Waals surface area contributed by atoms with Crippen molar-refractivity contribution in [1.82, 2.24) is 10.2 Å². The molecule has 8 nitrogen and oxygen atoms in total. The minimum atomic E-state index is -1.14. The van der Waals surface area contributed by atoms with Gasteiger partial charge in [0.25, 0.3) is 0 Å². The Hall–Kier alpha value is -3.22. The predicted molar refractivity (Wildman–Crippen MR) is 138 cm³/mol. The fraction of sp³-hybridized carbons (Fsp3) is 0.385. The molecule has 2 unspecified atom stereocenters. The number of aromatic hydroxyl groups is 1. The van der Waals surface area contributed by atoms with E-state index in [0.29, 0.717) is 22.6 Å². The lowest BCUT2D eigenvalue weighted by Gasteiger charge is -2.30. The summed E-state index contributed by atoms with van der Waals surface area (Å²) in [4.78, 5) is 37.2. The number of nitrogens with one attached hydrogen (secondary N) is 1. The van der Waals surface area contributed by atoms with E-state index in [2.05, 4.69) is 14.2 Å². The number of carbonyl (C=O) groups is 3. The number of carboxylic acid groups (broad SMARTS) is 1. The van der Waals surface area contributed by atoms with Crippen LogP contribution in [-0.4, -0.2) is 51.4 Å². The number of carboxylic acids is 1. The molecule has 0 aromatic heterocycles. The van der Waals surface area contributed by atoms with Crippen molar-refractivity contribution in [2.45, 2.75) is 57.5 Å². The molecule has 1 aliphatic carbocycles. The van der Waals surface area contributed by atoms with Gasteiger partial charge in [-0.25, -0.2) is 4.79 Å². The maximum atomic E-state index is 12.4. The van der Waals surface area contributed by atoms with E-state index in [0.717, 1.165) is 35.8 Å². The molecule has 5 N–H and O–H groups in total. The third-order valence-corrected chi connectivity index (χ3v) is 6.94. The number of primary amides is 1. The summed E-state index contributed by atoms with van der Waals surface area (Å²) in [5.41, 5.74) is 10.2. The van der Waals surface area contributed by atoms with Crippen LogP contribution >= 0.6 is 8.86 Å². The normalized spacial score (nSPS) is 15.2. The number of carbonyl (C=O) groups excluding carboxylic acids is 2. The molecule has 2 amide bonds. The number of phenols is 1. The third-order valence-electron chi connectivity index (χ3n) is 6.59. The second-order valence-corrected chi connectivity index (χ2v) is 9.85. The van der Waals surface area contributed by atoms with Gasteiger partial charge in [0.1, 0.15) is 17.8 Å². The van der Waals surface area contributed by atoms with Gasteiger partial charge in [-0.1, -0.05) is 24.6 Å². The Bertz CT molecular complexity index is 1160. The summed E-state index contributed by atoms with van der Waals surface area (Å²) in [7, 11) is 5.24. The van der Waals surface area contributed by atoms with Crippen LogP contribution in [0.25, 0.3) is 11.1 Å². The largest absolute Gasteiger partial charge is 0.507 e. The summed E-state index contributed by atoms with van der Waals surface area (Å²) < 4.78 is 0. The number of nitrogens with zero attached hydrogens (tertiary/aromatic N) is 1. The van der Waals surface area contributed by atoms with Crippen molar-refractivity contribution in [3.8, 4) is 16.9 Å². The van der Waals surface area contributed by atoms with Crippen molar-refractivity contribution in [3.63, 3.8) is 0 Å². The SMILES string of the molecule is CC(=O)NC(Cc1ccc(O)c(-c2cc(C(C(N)=O)N(C)C(C)=P)ccc2C2CCC2)c1)C(=O)O. The van der Waals surface area contributed by atoms with E-state index in [9.17, 15) is 24.6 Å². The van der Waals surface area contributed by atoms with Crippen LogP contribution < -0.4 is 11.1 Å². The Morgan fingerprint density at radius 2 is 1.83 bits per heavy atom. The lowest BCUT2D eigenvalue weighted by atomic mass is 9.76. The van der Waals surface area contributed by atoms with Crippen molar-refractivity contribution in [3.05, 3.63) is 53.1 Å². The zero-order chi connectivity index (χ0) is 25.9. The molecule has 0 radical (unpaired) electrons. The lowest BCUT2D eigenvalue weighted by molar-refractivity contribution is -0.141. The fourth-order valence-electron chi connectivity index (χ4n) is 4.43. The van der Waals surface area contributed by atoms with E-state index >= 15 is 0 Å². The maximum Gasteiger partial charge on any atom is 0.326 e. The van der Waals surface area contributed by atoms with Crippen LogP contribution in [0, 0.1) is 0 Å². The Balaban J connectivity index is 2.11. The molecule has 0 saturated heterocycles. The van der Waals surface area contributed by atoms with Crippen LogP contribution in [0.1, 0.15) is 61.8 Å². The predicted octanol–water partition coefficient (Wildman–Crippen LogP) is 3.21. The first-order valence-corrected chi connectivity index (χ1v) is 12.0. The Morgan fingerprint density at radius 1 is 1.14 bits per heavy atom. The van der Waals surface area contributed by atoms with Gasteiger partial charge in [-0.05, 0) is 73.2 Å². The molecule has 0 bridgehead atoms. The van der Waals surface area contributed by atoms with Crippen molar-refractivity contribution < 1.29 is 24.6 Å². The number of hydrogen-bond donors (Lipinski definition) is 4. The summed E-state index contributed by atoms with van der Waals surface area (Å²) in [5, 5.41) is 22.8. The fourth-order valence-corrected chi connectivity index (χ4v) is 4.56. The monoisotopic (exact) mass is 497 g/mol. The topological polar surface area (TPSA) is 133 Å². The Kier molecular flexibility index (Phi) is 8.30. The summed E-state index contributed by atoms with van der Waals surface area (Å²) >= 11 is 0. The molecular weight excluding hydrogens is 465 g/mol. The van der Waals surface area contributed by atoms with Gasteiger partial charge in [0, 0.05) is 24.3 Å². The maximum absolute atomic E-state index is 12.4. The zero-order valence-electron chi connectivity index (χ0n) is 20.2. The molecule has 9 heteroatoms. The second kappa shape index (κ2) is 11.0. The highest BCUT2D eigenvalue weighted by Crippen LogP contribution is 2.44. The van der Waals surface area contributed by atoms with Gasteiger partial charge in [0.05, 0.1) is 0 Å². The van der Waals surface area contributed by atoms with E-state index in [1.54, 1.807) is 24.1 Å². The van der Waals surface area contributed by atoms with Gasteiger partial charge >= 0.3 is 5.97 Å². The highest BCUT2D eigenvalue weighted by Gasteiger charge is 2.28.